The van der Waals surface area contributed by atoms with Crippen molar-refractivity contribution in [2.75, 3.05) is 6.54 Å². The van der Waals surface area contributed by atoms with Crippen LogP contribution in [0.3, 0.4) is 0 Å². The van der Waals surface area contributed by atoms with Crippen LogP contribution in [0.15, 0.2) is 59.5 Å². The minimum absolute atomic E-state index is 0.0565. The third-order valence-electron chi connectivity index (χ3n) is 4.18. The fraction of sp³-hybridized carbons (Fsp3) is 0.158. The van der Waals surface area contributed by atoms with Crippen molar-refractivity contribution < 1.29 is 4.79 Å². The Kier molecular flexibility index (Phi) is 4.18. The number of carbonyl (C=O) groups excluding carboxylic acids is 1. The third-order valence-corrected chi connectivity index (χ3v) is 4.18. The molecule has 0 spiro atoms. The summed E-state index contributed by atoms with van der Waals surface area (Å²) in [6.07, 6.45) is 1.85. The second-order valence-electron chi connectivity index (χ2n) is 5.98. The van der Waals surface area contributed by atoms with Crippen molar-refractivity contribution in [1.82, 2.24) is 25.1 Å². The van der Waals surface area contributed by atoms with Gasteiger partial charge in [0, 0.05) is 18.4 Å². The number of H-pyrrole nitrogens is 1. The molecule has 0 aliphatic rings. The van der Waals surface area contributed by atoms with E-state index in [-0.39, 0.29) is 17.9 Å². The van der Waals surface area contributed by atoms with Crippen molar-refractivity contribution in [1.29, 1.82) is 0 Å². The molecule has 0 bridgehead atoms. The summed E-state index contributed by atoms with van der Waals surface area (Å²) in [4.78, 5) is 31.8. The Hall–Kier alpha value is -3.48. The molecule has 4 aromatic rings. The predicted octanol–water partition coefficient (Wildman–Crippen LogP) is 1.63. The van der Waals surface area contributed by atoms with Gasteiger partial charge in [-0.25, -0.2) is 4.98 Å². The van der Waals surface area contributed by atoms with Gasteiger partial charge in [0.25, 0.3) is 0 Å². The van der Waals surface area contributed by atoms with Crippen molar-refractivity contribution in [2.24, 2.45) is 0 Å². The first-order valence-corrected chi connectivity index (χ1v) is 8.36. The van der Waals surface area contributed by atoms with Crippen LogP contribution in [0.25, 0.3) is 21.9 Å². The molecule has 2 N–H and O–H groups in total. The van der Waals surface area contributed by atoms with E-state index in [0.29, 0.717) is 23.9 Å². The Morgan fingerprint density at radius 2 is 1.92 bits per heavy atom. The fourth-order valence-corrected chi connectivity index (χ4v) is 2.92. The molecule has 130 valence electrons. The number of imidazole rings is 1. The second kappa shape index (κ2) is 6.79. The summed E-state index contributed by atoms with van der Waals surface area (Å²) in [5.41, 5.74) is 2.39. The Balaban J connectivity index is 1.40. The molecule has 0 radical (unpaired) electrons. The molecule has 0 saturated carbocycles. The molecule has 0 aliphatic heterocycles. The van der Waals surface area contributed by atoms with Gasteiger partial charge in [0.15, 0.2) is 0 Å². The maximum absolute atomic E-state index is 12.2. The Bertz CT molecular complexity index is 1110. The lowest BCUT2D eigenvalue weighted by Gasteiger charge is -2.09. The standard InChI is InChI=1S/C19H17N5O2/c25-17-11-21-24(16-8-4-1-5-13(16)17)12-19(26)20-10-9-18-22-14-6-2-3-7-15(14)23-18/h1-8,11H,9-10,12H2,(H,20,26)(H,22,23). The van der Waals surface area contributed by atoms with Crippen LogP contribution in [0.5, 0.6) is 0 Å². The number of aromatic amines is 1. The second-order valence-corrected chi connectivity index (χ2v) is 5.98. The van der Waals surface area contributed by atoms with Crippen molar-refractivity contribution in [3.05, 3.63) is 70.8 Å². The summed E-state index contributed by atoms with van der Waals surface area (Å²) in [6, 6.07) is 14.9. The van der Waals surface area contributed by atoms with E-state index >= 15 is 0 Å². The molecule has 1 amide bonds. The quantitative estimate of drug-likeness (QED) is 0.574. The molecular formula is C19H17N5O2. The van der Waals surface area contributed by atoms with Crippen molar-refractivity contribution in [3.63, 3.8) is 0 Å². The number of fused-ring (bicyclic) bond motifs is 2. The van der Waals surface area contributed by atoms with Crippen LogP contribution in [-0.4, -0.2) is 32.2 Å². The average molecular weight is 347 g/mol. The monoisotopic (exact) mass is 347 g/mol. The number of hydrogen-bond donors (Lipinski definition) is 2. The normalized spacial score (nSPS) is 11.1. The molecule has 4 rings (SSSR count). The summed E-state index contributed by atoms with van der Waals surface area (Å²) >= 11 is 0. The zero-order valence-electron chi connectivity index (χ0n) is 14.0. The van der Waals surface area contributed by atoms with Crippen molar-refractivity contribution in [2.45, 2.75) is 13.0 Å². The molecule has 7 nitrogen and oxygen atoms in total. The Labute approximate surface area is 148 Å². The topological polar surface area (TPSA) is 92.7 Å². The molecule has 0 atom stereocenters. The van der Waals surface area contributed by atoms with Gasteiger partial charge >= 0.3 is 0 Å². The molecule has 0 aliphatic carbocycles. The number of para-hydroxylation sites is 3. The zero-order chi connectivity index (χ0) is 17.9. The summed E-state index contributed by atoms with van der Waals surface area (Å²) in [6.45, 7) is 0.526. The number of hydrogen-bond acceptors (Lipinski definition) is 4. The van der Waals surface area contributed by atoms with Gasteiger partial charge in [-0.3, -0.25) is 14.3 Å². The van der Waals surface area contributed by atoms with Crippen LogP contribution in [0.2, 0.25) is 0 Å². The van der Waals surface area contributed by atoms with Crippen LogP contribution in [-0.2, 0) is 17.8 Å². The molecule has 2 aromatic heterocycles. The fourth-order valence-electron chi connectivity index (χ4n) is 2.92. The van der Waals surface area contributed by atoms with Crippen molar-refractivity contribution >= 4 is 27.8 Å². The lowest BCUT2D eigenvalue weighted by Crippen LogP contribution is -2.30. The molecule has 2 aromatic carbocycles. The van der Waals surface area contributed by atoms with E-state index in [9.17, 15) is 9.59 Å². The van der Waals surface area contributed by atoms with E-state index in [1.807, 2.05) is 30.3 Å². The number of carbonyl (C=O) groups is 1. The minimum Gasteiger partial charge on any atom is -0.354 e. The highest BCUT2D eigenvalue weighted by Crippen LogP contribution is 2.10. The summed E-state index contributed by atoms with van der Waals surface area (Å²) < 4.78 is 1.53. The number of nitrogens with one attached hydrogen (secondary N) is 2. The Morgan fingerprint density at radius 3 is 2.81 bits per heavy atom. The van der Waals surface area contributed by atoms with E-state index < -0.39 is 0 Å². The molecule has 0 saturated heterocycles. The molecule has 26 heavy (non-hydrogen) atoms. The molecular weight excluding hydrogens is 330 g/mol. The average Bonchev–Trinajstić information content (AvgIpc) is 3.07. The van der Waals surface area contributed by atoms with Crippen LogP contribution >= 0.6 is 0 Å². The predicted molar refractivity (Wildman–Crippen MR) is 98.8 cm³/mol. The van der Waals surface area contributed by atoms with Gasteiger partial charge in [-0.1, -0.05) is 24.3 Å². The lowest BCUT2D eigenvalue weighted by atomic mass is 10.2. The summed E-state index contributed by atoms with van der Waals surface area (Å²) in [7, 11) is 0. The highest BCUT2D eigenvalue weighted by Gasteiger charge is 2.08. The summed E-state index contributed by atoms with van der Waals surface area (Å²) in [5.74, 6) is 0.667. The maximum atomic E-state index is 12.2. The SMILES string of the molecule is O=C(Cn1ncc(=O)c2ccccc21)NCCc1nc2ccccc2[nH]1. The van der Waals surface area contributed by atoms with Crippen LogP contribution in [0.1, 0.15) is 5.82 Å². The van der Waals surface area contributed by atoms with E-state index in [0.717, 1.165) is 16.9 Å². The van der Waals surface area contributed by atoms with Gasteiger partial charge in [0.05, 0.1) is 22.7 Å². The highest BCUT2D eigenvalue weighted by atomic mass is 16.2. The van der Waals surface area contributed by atoms with Crippen molar-refractivity contribution in [3.8, 4) is 0 Å². The maximum Gasteiger partial charge on any atom is 0.241 e. The van der Waals surface area contributed by atoms with E-state index in [2.05, 4.69) is 20.4 Å². The first-order chi connectivity index (χ1) is 12.7. The van der Waals surface area contributed by atoms with Gasteiger partial charge in [-0.2, -0.15) is 5.10 Å². The van der Waals surface area contributed by atoms with E-state index in [1.165, 1.54) is 10.9 Å². The number of amides is 1. The van der Waals surface area contributed by atoms with Crippen LogP contribution < -0.4 is 10.7 Å². The smallest absolute Gasteiger partial charge is 0.241 e. The number of nitrogens with zero attached hydrogens (tertiary/aromatic N) is 3. The van der Waals surface area contributed by atoms with Gasteiger partial charge in [-0.05, 0) is 24.3 Å². The van der Waals surface area contributed by atoms with Crippen LogP contribution in [0.4, 0.5) is 0 Å². The zero-order valence-corrected chi connectivity index (χ0v) is 14.0. The summed E-state index contributed by atoms with van der Waals surface area (Å²) in [5, 5.41) is 7.48. The third kappa shape index (κ3) is 3.19. The molecule has 2 heterocycles. The largest absolute Gasteiger partial charge is 0.354 e. The molecule has 0 unspecified atom stereocenters. The van der Waals surface area contributed by atoms with Gasteiger partial charge in [-0.15, -0.1) is 0 Å². The lowest BCUT2D eigenvalue weighted by molar-refractivity contribution is -0.121. The first-order valence-electron chi connectivity index (χ1n) is 8.36. The van der Waals surface area contributed by atoms with Gasteiger partial charge in [0.1, 0.15) is 12.4 Å². The Morgan fingerprint density at radius 1 is 1.12 bits per heavy atom. The van der Waals surface area contributed by atoms with Crippen LogP contribution in [0, 0.1) is 0 Å². The number of rotatable bonds is 5. The molecule has 0 fully saturated rings. The van der Waals surface area contributed by atoms with E-state index in [4.69, 9.17) is 0 Å². The first kappa shape index (κ1) is 16.0. The number of benzene rings is 2. The minimum atomic E-state index is -0.164. The highest BCUT2D eigenvalue weighted by molar-refractivity contribution is 5.81. The van der Waals surface area contributed by atoms with Gasteiger partial charge in [0.2, 0.25) is 11.3 Å². The molecule has 7 heteroatoms. The van der Waals surface area contributed by atoms with Gasteiger partial charge < -0.3 is 10.3 Å². The number of aromatic nitrogens is 4. The van der Waals surface area contributed by atoms with E-state index in [1.54, 1.807) is 18.2 Å².